The Kier molecular flexibility index (Phi) is 5.20. The summed E-state index contributed by atoms with van der Waals surface area (Å²) in [5.41, 5.74) is 0.518. The molecule has 28 heavy (non-hydrogen) atoms. The van der Waals surface area contributed by atoms with E-state index in [1.807, 2.05) is 66.7 Å². The first-order valence-electron chi connectivity index (χ1n) is 8.90. The van der Waals surface area contributed by atoms with Gasteiger partial charge in [0.05, 0.1) is 5.56 Å². The van der Waals surface area contributed by atoms with Crippen LogP contribution in [0.5, 0.6) is 17.2 Å². The highest BCUT2D eigenvalue weighted by atomic mass is 16.7. The third kappa shape index (κ3) is 4.30. The highest BCUT2D eigenvalue weighted by Gasteiger charge is 2.08. The summed E-state index contributed by atoms with van der Waals surface area (Å²) in [7, 11) is 0. The van der Waals surface area contributed by atoms with E-state index in [2.05, 4.69) is 0 Å². The fraction of sp³-hybridized carbons (Fsp3) is 0.0417. The molecule has 0 aliphatic heterocycles. The zero-order valence-corrected chi connectivity index (χ0v) is 15.1. The average molecular weight is 370 g/mol. The minimum absolute atomic E-state index is 0.127. The Hall–Kier alpha value is -3.79. The molecule has 4 rings (SSSR count). The predicted molar refractivity (Wildman–Crippen MR) is 108 cm³/mol. The molecule has 4 aromatic carbocycles. The minimum atomic E-state index is -0.377. The fourth-order valence-electron chi connectivity index (χ4n) is 2.78. The van der Waals surface area contributed by atoms with Crippen LogP contribution in [0.2, 0.25) is 0 Å². The second-order valence-corrected chi connectivity index (χ2v) is 6.15. The number of carbonyl (C=O) groups is 1. The van der Waals surface area contributed by atoms with E-state index < -0.39 is 0 Å². The number of para-hydroxylation sites is 1. The lowest BCUT2D eigenvalue weighted by molar-refractivity contribution is 0.0735. The maximum absolute atomic E-state index is 12.2. The molecule has 0 radical (unpaired) electrons. The molecule has 0 heterocycles. The molecule has 0 unspecified atom stereocenters. The number of carbonyl (C=O) groups excluding carboxylic acids is 1. The van der Waals surface area contributed by atoms with E-state index in [4.69, 9.17) is 14.2 Å². The van der Waals surface area contributed by atoms with Crippen molar-refractivity contribution in [3.8, 4) is 17.2 Å². The SMILES string of the molecule is O=C(Oc1ccc2cc(OCOc3ccccc3)ccc2c1)c1ccccc1. The Balaban J connectivity index is 1.41. The van der Waals surface area contributed by atoms with Crippen molar-refractivity contribution in [3.05, 3.63) is 103 Å². The maximum Gasteiger partial charge on any atom is 0.343 e. The van der Waals surface area contributed by atoms with Gasteiger partial charge < -0.3 is 14.2 Å². The van der Waals surface area contributed by atoms with Gasteiger partial charge in [0, 0.05) is 0 Å². The summed E-state index contributed by atoms with van der Waals surface area (Å²) >= 11 is 0. The molecule has 0 amide bonds. The van der Waals surface area contributed by atoms with Gasteiger partial charge >= 0.3 is 5.97 Å². The first-order chi connectivity index (χ1) is 13.8. The van der Waals surface area contributed by atoms with Gasteiger partial charge in [0.1, 0.15) is 17.2 Å². The van der Waals surface area contributed by atoms with E-state index in [1.54, 1.807) is 30.3 Å². The molecule has 0 aliphatic carbocycles. The first kappa shape index (κ1) is 17.6. The van der Waals surface area contributed by atoms with Crippen molar-refractivity contribution in [2.75, 3.05) is 6.79 Å². The quantitative estimate of drug-likeness (QED) is 0.256. The van der Waals surface area contributed by atoms with Crippen LogP contribution in [0.15, 0.2) is 97.1 Å². The van der Waals surface area contributed by atoms with Gasteiger partial charge in [-0.05, 0) is 59.3 Å². The molecule has 0 N–H and O–H groups in total. The van der Waals surface area contributed by atoms with Crippen LogP contribution in [0.4, 0.5) is 0 Å². The van der Waals surface area contributed by atoms with Crippen LogP contribution in [0.1, 0.15) is 10.4 Å². The smallest absolute Gasteiger partial charge is 0.343 e. The van der Waals surface area contributed by atoms with Crippen molar-refractivity contribution >= 4 is 16.7 Å². The predicted octanol–water partition coefficient (Wildman–Crippen LogP) is 5.47. The molecule has 0 aromatic heterocycles. The van der Waals surface area contributed by atoms with Crippen molar-refractivity contribution in [2.45, 2.75) is 0 Å². The topological polar surface area (TPSA) is 44.8 Å². The van der Waals surface area contributed by atoms with Crippen LogP contribution < -0.4 is 14.2 Å². The van der Waals surface area contributed by atoms with Gasteiger partial charge in [0.25, 0.3) is 0 Å². The molecule has 4 nitrogen and oxygen atoms in total. The van der Waals surface area contributed by atoms with Gasteiger partial charge in [-0.2, -0.15) is 0 Å². The zero-order valence-electron chi connectivity index (χ0n) is 15.1. The Labute approximate surface area is 162 Å². The molecular weight excluding hydrogens is 352 g/mol. The van der Waals surface area contributed by atoms with Crippen LogP contribution in [-0.4, -0.2) is 12.8 Å². The van der Waals surface area contributed by atoms with E-state index >= 15 is 0 Å². The Morgan fingerprint density at radius 1 is 0.607 bits per heavy atom. The molecule has 138 valence electrons. The summed E-state index contributed by atoms with van der Waals surface area (Å²) in [4.78, 5) is 12.2. The van der Waals surface area contributed by atoms with Gasteiger partial charge in [-0.15, -0.1) is 0 Å². The van der Waals surface area contributed by atoms with Crippen molar-refractivity contribution in [1.29, 1.82) is 0 Å². The Bertz CT molecular complexity index is 1080. The normalized spacial score (nSPS) is 10.4. The third-order valence-corrected chi connectivity index (χ3v) is 4.20. The van der Waals surface area contributed by atoms with E-state index in [-0.39, 0.29) is 12.8 Å². The number of benzene rings is 4. The minimum Gasteiger partial charge on any atom is -0.458 e. The second-order valence-electron chi connectivity index (χ2n) is 6.15. The summed E-state index contributed by atoms with van der Waals surface area (Å²) in [6.45, 7) is 0.127. The van der Waals surface area contributed by atoms with E-state index in [1.165, 1.54) is 0 Å². The first-order valence-corrected chi connectivity index (χ1v) is 8.90. The van der Waals surface area contributed by atoms with E-state index in [9.17, 15) is 4.79 Å². The summed E-state index contributed by atoms with van der Waals surface area (Å²) in [6.07, 6.45) is 0. The maximum atomic E-state index is 12.2. The highest BCUT2D eigenvalue weighted by Crippen LogP contribution is 2.25. The molecule has 0 fully saturated rings. The summed E-state index contributed by atoms with van der Waals surface area (Å²) in [6, 6.07) is 29.6. The number of hydrogen-bond acceptors (Lipinski definition) is 4. The van der Waals surface area contributed by atoms with Crippen LogP contribution >= 0.6 is 0 Å². The van der Waals surface area contributed by atoms with Gasteiger partial charge in [-0.1, -0.05) is 48.5 Å². The lowest BCUT2D eigenvalue weighted by Gasteiger charge is -2.10. The van der Waals surface area contributed by atoms with Gasteiger partial charge in [0.2, 0.25) is 6.79 Å². The van der Waals surface area contributed by atoms with Gasteiger partial charge in [-0.3, -0.25) is 0 Å². The second kappa shape index (κ2) is 8.27. The van der Waals surface area contributed by atoms with Crippen molar-refractivity contribution < 1.29 is 19.0 Å². The standard InChI is InChI=1S/C24H18O4/c25-24(18-7-3-1-4-8-18)28-23-14-12-19-15-22(13-11-20(19)16-23)27-17-26-21-9-5-2-6-10-21/h1-16H,17H2. The highest BCUT2D eigenvalue weighted by molar-refractivity contribution is 5.92. The zero-order chi connectivity index (χ0) is 19.2. The Morgan fingerprint density at radius 2 is 1.18 bits per heavy atom. The number of ether oxygens (including phenoxy) is 3. The van der Waals surface area contributed by atoms with Crippen molar-refractivity contribution in [1.82, 2.24) is 0 Å². The number of rotatable bonds is 6. The average Bonchev–Trinajstić information content (AvgIpc) is 2.75. The van der Waals surface area contributed by atoms with Crippen LogP contribution in [0.25, 0.3) is 10.8 Å². The van der Waals surface area contributed by atoms with Crippen LogP contribution in [-0.2, 0) is 0 Å². The molecule has 0 bridgehead atoms. The largest absolute Gasteiger partial charge is 0.458 e. The number of fused-ring (bicyclic) bond motifs is 1. The Morgan fingerprint density at radius 3 is 1.89 bits per heavy atom. The molecule has 0 atom stereocenters. The molecule has 0 spiro atoms. The molecule has 0 aliphatic rings. The summed E-state index contributed by atoms with van der Waals surface area (Å²) in [5, 5.41) is 1.94. The van der Waals surface area contributed by atoms with E-state index in [0.717, 1.165) is 16.5 Å². The van der Waals surface area contributed by atoms with Crippen molar-refractivity contribution in [2.24, 2.45) is 0 Å². The van der Waals surface area contributed by atoms with Crippen molar-refractivity contribution in [3.63, 3.8) is 0 Å². The molecule has 4 heteroatoms. The third-order valence-electron chi connectivity index (χ3n) is 4.20. The monoisotopic (exact) mass is 370 g/mol. The van der Waals surface area contributed by atoms with Crippen LogP contribution in [0, 0.1) is 0 Å². The number of esters is 1. The fourth-order valence-corrected chi connectivity index (χ4v) is 2.78. The summed E-state index contributed by atoms with van der Waals surface area (Å²) in [5.74, 6) is 1.59. The molecule has 4 aromatic rings. The number of hydrogen-bond donors (Lipinski definition) is 0. The summed E-state index contributed by atoms with van der Waals surface area (Å²) < 4.78 is 16.7. The van der Waals surface area contributed by atoms with Gasteiger partial charge in [0.15, 0.2) is 0 Å². The van der Waals surface area contributed by atoms with Gasteiger partial charge in [-0.25, -0.2) is 4.79 Å². The lowest BCUT2D eigenvalue weighted by Crippen LogP contribution is -2.08. The van der Waals surface area contributed by atoms with Crippen LogP contribution in [0.3, 0.4) is 0 Å². The van der Waals surface area contributed by atoms with E-state index in [0.29, 0.717) is 17.1 Å². The lowest BCUT2D eigenvalue weighted by atomic mass is 10.1. The molecule has 0 saturated heterocycles. The molecule has 0 saturated carbocycles. The molecular formula is C24H18O4.